The van der Waals surface area contributed by atoms with Crippen LogP contribution in [0.2, 0.25) is 0 Å². The highest BCUT2D eigenvalue weighted by atomic mass is 19.1. The van der Waals surface area contributed by atoms with Crippen LogP contribution in [0, 0.1) is 19.7 Å². The molecule has 2 N–H and O–H groups in total. The van der Waals surface area contributed by atoms with Crippen molar-refractivity contribution in [1.82, 2.24) is 9.55 Å². The Balaban J connectivity index is 1.70. The van der Waals surface area contributed by atoms with Crippen LogP contribution in [-0.4, -0.2) is 21.4 Å². The Bertz CT molecular complexity index is 1430. The molecule has 2 aromatic carbocycles. The van der Waals surface area contributed by atoms with Crippen LogP contribution in [-0.2, 0) is 11.3 Å². The second kappa shape index (κ2) is 9.04. The number of carbonyl (C=O) groups excluding carboxylic acids is 2. The Labute approximate surface area is 188 Å². The van der Waals surface area contributed by atoms with Crippen LogP contribution < -0.4 is 16.1 Å². The summed E-state index contributed by atoms with van der Waals surface area (Å²) in [5, 5.41) is 5.62. The molecule has 4 aromatic rings. The Kier molecular flexibility index (Phi) is 5.99. The third-order valence-corrected chi connectivity index (χ3v) is 5.02. The number of hydrogen-bond acceptors (Lipinski definition) is 4. The molecule has 2 amide bonds. The lowest BCUT2D eigenvalue weighted by Crippen LogP contribution is -2.27. The van der Waals surface area contributed by atoms with Gasteiger partial charge in [-0.1, -0.05) is 12.1 Å². The zero-order valence-corrected chi connectivity index (χ0v) is 18.1. The first-order valence-corrected chi connectivity index (χ1v) is 10.2. The SMILES string of the molecule is Cc1cccc(NC(=O)Cn2cc(C(=O)Nc3ccc(F)cc3)c(=O)c3ccc(C)nc32)c1. The summed E-state index contributed by atoms with van der Waals surface area (Å²) in [5.74, 6) is -1.44. The van der Waals surface area contributed by atoms with Gasteiger partial charge in [0.2, 0.25) is 11.3 Å². The minimum absolute atomic E-state index is 0.152. The molecule has 0 radical (unpaired) electrons. The number of halogens is 1. The average Bonchev–Trinajstić information content (AvgIpc) is 2.77. The maximum atomic E-state index is 13.2. The van der Waals surface area contributed by atoms with E-state index in [1.807, 2.05) is 25.1 Å². The van der Waals surface area contributed by atoms with Crippen molar-refractivity contribution in [2.45, 2.75) is 20.4 Å². The van der Waals surface area contributed by atoms with Gasteiger partial charge in [-0.05, 0) is 67.9 Å². The first kappa shape index (κ1) is 21.9. The van der Waals surface area contributed by atoms with Gasteiger partial charge in [0, 0.05) is 23.3 Å². The number of hydrogen-bond donors (Lipinski definition) is 2. The molecule has 8 heteroatoms. The molecule has 0 saturated heterocycles. The maximum Gasteiger partial charge on any atom is 0.261 e. The Morgan fingerprint density at radius 2 is 1.73 bits per heavy atom. The second-order valence-corrected chi connectivity index (χ2v) is 7.70. The number of nitrogens with one attached hydrogen (secondary N) is 2. The molecule has 2 aromatic heterocycles. The number of rotatable bonds is 5. The molecule has 0 fully saturated rings. The summed E-state index contributed by atoms with van der Waals surface area (Å²) < 4.78 is 14.6. The molecule has 0 aliphatic rings. The quantitative estimate of drug-likeness (QED) is 0.486. The molecule has 166 valence electrons. The Morgan fingerprint density at radius 3 is 2.45 bits per heavy atom. The van der Waals surface area contributed by atoms with Crippen LogP contribution in [0.4, 0.5) is 15.8 Å². The second-order valence-electron chi connectivity index (χ2n) is 7.70. The molecular formula is C25H21FN4O3. The number of carbonyl (C=O) groups is 2. The van der Waals surface area contributed by atoms with Gasteiger partial charge in [-0.15, -0.1) is 0 Å². The van der Waals surface area contributed by atoms with Crippen molar-refractivity contribution in [1.29, 1.82) is 0 Å². The van der Waals surface area contributed by atoms with Crippen LogP contribution in [0.1, 0.15) is 21.6 Å². The van der Waals surface area contributed by atoms with Crippen molar-refractivity contribution in [3.63, 3.8) is 0 Å². The number of pyridine rings is 2. The predicted molar refractivity (Wildman–Crippen MR) is 125 cm³/mol. The topological polar surface area (TPSA) is 93.1 Å². The fraction of sp³-hybridized carbons (Fsp3) is 0.120. The van der Waals surface area contributed by atoms with E-state index in [9.17, 15) is 18.8 Å². The number of amides is 2. The van der Waals surface area contributed by atoms with Crippen molar-refractivity contribution in [3.05, 3.63) is 99.7 Å². The number of anilines is 2. The fourth-order valence-corrected chi connectivity index (χ4v) is 3.45. The molecule has 33 heavy (non-hydrogen) atoms. The predicted octanol–water partition coefficient (Wildman–Crippen LogP) is 4.04. The molecule has 2 heterocycles. The van der Waals surface area contributed by atoms with Crippen LogP contribution in [0.15, 0.2) is 71.7 Å². The van der Waals surface area contributed by atoms with Crippen molar-refractivity contribution < 1.29 is 14.0 Å². The molecule has 0 aliphatic carbocycles. The lowest BCUT2D eigenvalue weighted by atomic mass is 10.1. The van der Waals surface area contributed by atoms with Crippen LogP contribution in [0.25, 0.3) is 11.0 Å². The van der Waals surface area contributed by atoms with E-state index < -0.39 is 17.2 Å². The normalized spacial score (nSPS) is 10.8. The summed E-state index contributed by atoms with van der Waals surface area (Å²) in [5.41, 5.74) is 2.29. The van der Waals surface area contributed by atoms with E-state index in [0.29, 0.717) is 22.7 Å². The molecule has 0 saturated carbocycles. The summed E-state index contributed by atoms with van der Waals surface area (Å²) in [6.07, 6.45) is 1.33. The van der Waals surface area contributed by atoms with Crippen molar-refractivity contribution >= 4 is 34.2 Å². The molecule has 0 atom stereocenters. The highest BCUT2D eigenvalue weighted by Crippen LogP contribution is 2.15. The molecule has 4 rings (SSSR count). The van der Waals surface area contributed by atoms with Gasteiger partial charge in [0.05, 0.1) is 5.39 Å². The molecule has 7 nitrogen and oxygen atoms in total. The monoisotopic (exact) mass is 444 g/mol. The lowest BCUT2D eigenvalue weighted by Gasteiger charge is -2.14. The number of aryl methyl sites for hydroxylation is 2. The average molecular weight is 444 g/mol. The van der Waals surface area contributed by atoms with E-state index in [4.69, 9.17) is 0 Å². The van der Waals surface area contributed by atoms with Gasteiger partial charge in [-0.3, -0.25) is 14.4 Å². The third-order valence-electron chi connectivity index (χ3n) is 5.02. The van der Waals surface area contributed by atoms with Gasteiger partial charge >= 0.3 is 0 Å². The maximum absolute atomic E-state index is 13.2. The molecule has 0 bridgehead atoms. The van der Waals surface area contributed by atoms with E-state index in [2.05, 4.69) is 15.6 Å². The van der Waals surface area contributed by atoms with Gasteiger partial charge in [0.1, 0.15) is 23.6 Å². The van der Waals surface area contributed by atoms with Gasteiger partial charge in [-0.25, -0.2) is 9.37 Å². The summed E-state index contributed by atoms with van der Waals surface area (Å²) in [4.78, 5) is 43.0. The smallest absolute Gasteiger partial charge is 0.261 e. The van der Waals surface area contributed by atoms with Crippen molar-refractivity contribution in [2.24, 2.45) is 0 Å². The number of benzene rings is 2. The zero-order valence-electron chi connectivity index (χ0n) is 18.1. The number of aromatic nitrogens is 2. The van der Waals surface area contributed by atoms with Gasteiger partial charge in [0.25, 0.3) is 5.91 Å². The largest absolute Gasteiger partial charge is 0.325 e. The summed E-state index contributed by atoms with van der Waals surface area (Å²) >= 11 is 0. The molecule has 0 aliphatic heterocycles. The van der Waals surface area contributed by atoms with Gasteiger partial charge < -0.3 is 15.2 Å². The van der Waals surface area contributed by atoms with E-state index in [1.165, 1.54) is 35.0 Å². The molecule has 0 unspecified atom stereocenters. The number of nitrogens with zero attached hydrogens (tertiary/aromatic N) is 2. The summed E-state index contributed by atoms with van der Waals surface area (Å²) in [6, 6.07) is 15.8. The highest BCUT2D eigenvalue weighted by Gasteiger charge is 2.18. The van der Waals surface area contributed by atoms with Crippen molar-refractivity contribution in [3.8, 4) is 0 Å². The zero-order chi connectivity index (χ0) is 23.5. The Hall–Kier alpha value is -4.33. The third kappa shape index (κ3) is 4.95. The summed E-state index contributed by atoms with van der Waals surface area (Å²) in [6.45, 7) is 3.54. The van der Waals surface area contributed by atoms with Crippen molar-refractivity contribution in [2.75, 3.05) is 10.6 Å². The fourth-order valence-electron chi connectivity index (χ4n) is 3.45. The Morgan fingerprint density at radius 1 is 0.970 bits per heavy atom. The summed E-state index contributed by atoms with van der Waals surface area (Å²) in [7, 11) is 0. The van der Waals surface area contributed by atoms with Gasteiger partial charge in [-0.2, -0.15) is 0 Å². The number of fused-ring (bicyclic) bond motifs is 1. The van der Waals surface area contributed by atoms with Crippen LogP contribution in [0.5, 0.6) is 0 Å². The highest BCUT2D eigenvalue weighted by molar-refractivity contribution is 6.05. The minimum Gasteiger partial charge on any atom is -0.325 e. The first-order valence-electron chi connectivity index (χ1n) is 10.2. The van der Waals surface area contributed by atoms with Crippen LogP contribution in [0.3, 0.4) is 0 Å². The first-order chi connectivity index (χ1) is 15.8. The standard InChI is InChI=1S/C25H21FN4O3/c1-15-4-3-5-19(12-15)28-22(31)14-30-13-21(23(32)20-11-6-16(2)27-24(20)30)25(33)29-18-9-7-17(26)8-10-18/h3-13H,14H2,1-2H3,(H,28,31)(H,29,33). The molecular weight excluding hydrogens is 423 g/mol. The molecule has 0 spiro atoms. The van der Waals surface area contributed by atoms with Crippen LogP contribution >= 0.6 is 0 Å². The van der Waals surface area contributed by atoms with Gasteiger partial charge in [0.15, 0.2) is 0 Å². The lowest BCUT2D eigenvalue weighted by molar-refractivity contribution is -0.116. The van der Waals surface area contributed by atoms with E-state index >= 15 is 0 Å². The van der Waals surface area contributed by atoms with E-state index in [1.54, 1.807) is 25.1 Å². The van der Waals surface area contributed by atoms with E-state index in [0.717, 1.165) is 5.56 Å². The van der Waals surface area contributed by atoms with E-state index in [-0.39, 0.29) is 23.4 Å². The minimum atomic E-state index is -0.665.